The van der Waals surface area contributed by atoms with Gasteiger partial charge in [0.1, 0.15) is 11.6 Å². The number of H-pyrrole nitrogens is 1. The summed E-state index contributed by atoms with van der Waals surface area (Å²) in [7, 11) is 0. The normalized spacial score (nSPS) is 15.5. The van der Waals surface area contributed by atoms with Gasteiger partial charge in [0, 0.05) is 32.3 Å². The zero-order chi connectivity index (χ0) is 23.8. The van der Waals surface area contributed by atoms with Crippen LogP contribution in [0.2, 0.25) is 0 Å². The van der Waals surface area contributed by atoms with Gasteiger partial charge in [-0.05, 0) is 45.1 Å². The predicted molar refractivity (Wildman–Crippen MR) is 124 cm³/mol. The molecule has 0 radical (unpaired) electrons. The molecule has 1 saturated heterocycles. The number of hydrogen-bond acceptors (Lipinski definition) is 5. The van der Waals surface area contributed by atoms with Crippen molar-refractivity contribution in [1.82, 2.24) is 25.7 Å². The molecule has 9 nitrogen and oxygen atoms in total. The van der Waals surface area contributed by atoms with E-state index in [9.17, 15) is 14.4 Å². The Kier molecular flexibility index (Phi) is 8.08. The Hall–Kier alpha value is -3.36. The van der Waals surface area contributed by atoms with Crippen molar-refractivity contribution in [3.05, 3.63) is 53.9 Å². The SMILES string of the molecule is CC(C)(C)OC(=O)NC(Cc1ccccc1)C(=O)N1CCC(CNC(=O)c2cn[nH]c2)CC1. The molecule has 1 aromatic carbocycles. The molecule has 0 aliphatic carbocycles. The van der Waals surface area contributed by atoms with Gasteiger partial charge in [0.05, 0.1) is 11.8 Å². The fourth-order valence-corrected chi connectivity index (χ4v) is 3.79. The number of aromatic amines is 1. The lowest BCUT2D eigenvalue weighted by molar-refractivity contribution is -0.134. The van der Waals surface area contributed by atoms with Crippen molar-refractivity contribution in [1.29, 1.82) is 0 Å². The van der Waals surface area contributed by atoms with E-state index in [0.29, 0.717) is 31.6 Å². The van der Waals surface area contributed by atoms with Gasteiger partial charge in [-0.1, -0.05) is 30.3 Å². The summed E-state index contributed by atoms with van der Waals surface area (Å²) in [4.78, 5) is 39.6. The summed E-state index contributed by atoms with van der Waals surface area (Å²) >= 11 is 0. The van der Waals surface area contributed by atoms with Crippen LogP contribution < -0.4 is 10.6 Å². The molecule has 1 fully saturated rings. The predicted octanol–water partition coefficient (Wildman–Crippen LogP) is 2.51. The first kappa shape index (κ1) is 24.3. The van der Waals surface area contributed by atoms with Crippen LogP contribution in [0.4, 0.5) is 4.79 Å². The number of carbonyl (C=O) groups is 3. The van der Waals surface area contributed by atoms with E-state index in [0.717, 1.165) is 18.4 Å². The molecule has 1 aromatic heterocycles. The smallest absolute Gasteiger partial charge is 0.408 e. The van der Waals surface area contributed by atoms with E-state index < -0.39 is 17.7 Å². The monoisotopic (exact) mass is 455 g/mol. The van der Waals surface area contributed by atoms with Crippen LogP contribution in [0, 0.1) is 5.92 Å². The summed E-state index contributed by atoms with van der Waals surface area (Å²) in [6.07, 6.45) is 4.39. The number of likely N-dealkylation sites (tertiary alicyclic amines) is 1. The lowest BCUT2D eigenvalue weighted by Crippen LogP contribution is -2.53. The number of nitrogens with zero attached hydrogens (tertiary/aromatic N) is 2. The highest BCUT2D eigenvalue weighted by Crippen LogP contribution is 2.19. The minimum absolute atomic E-state index is 0.120. The zero-order valence-electron chi connectivity index (χ0n) is 19.5. The standard InChI is InChI=1S/C24H33N5O4/c1-24(2,3)33-23(32)28-20(13-17-7-5-4-6-8-17)22(31)29-11-9-18(10-12-29)14-25-21(30)19-15-26-27-16-19/h4-8,15-16,18,20H,9-14H2,1-3H3,(H,25,30)(H,26,27)(H,28,32). The molecule has 1 unspecified atom stereocenters. The number of aromatic nitrogens is 2. The molecule has 2 aromatic rings. The molecular formula is C24H33N5O4. The van der Waals surface area contributed by atoms with Gasteiger partial charge in [-0.3, -0.25) is 14.7 Å². The van der Waals surface area contributed by atoms with E-state index in [1.165, 1.54) is 6.20 Å². The molecule has 3 N–H and O–H groups in total. The third-order valence-corrected chi connectivity index (χ3v) is 5.51. The topological polar surface area (TPSA) is 116 Å². The summed E-state index contributed by atoms with van der Waals surface area (Å²) in [5.74, 6) is 0.00799. The second kappa shape index (κ2) is 11.0. The third-order valence-electron chi connectivity index (χ3n) is 5.51. The largest absolute Gasteiger partial charge is 0.444 e. The average Bonchev–Trinajstić information content (AvgIpc) is 3.31. The van der Waals surface area contributed by atoms with E-state index in [1.54, 1.807) is 31.9 Å². The van der Waals surface area contributed by atoms with E-state index in [-0.39, 0.29) is 17.7 Å². The molecular weight excluding hydrogens is 422 g/mol. The number of piperidine rings is 1. The highest BCUT2D eigenvalue weighted by Gasteiger charge is 2.31. The molecule has 3 rings (SSSR count). The number of alkyl carbamates (subject to hydrolysis) is 1. The van der Waals surface area contributed by atoms with Gasteiger partial charge in [0.15, 0.2) is 0 Å². The molecule has 1 atom stereocenters. The quantitative estimate of drug-likeness (QED) is 0.593. The highest BCUT2D eigenvalue weighted by atomic mass is 16.6. The Morgan fingerprint density at radius 3 is 2.48 bits per heavy atom. The fraction of sp³-hybridized carbons (Fsp3) is 0.500. The molecule has 0 bridgehead atoms. The molecule has 0 spiro atoms. The number of rotatable bonds is 7. The van der Waals surface area contributed by atoms with Gasteiger partial charge >= 0.3 is 6.09 Å². The van der Waals surface area contributed by atoms with Gasteiger partial charge in [-0.2, -0.15) is 5.10 Å². The lowest BCUT2D eigenvalue weighted by atomic mass is 9.95. The molecule has 1 aliphatic heterocycles. The fourth-order valence-electron chi connectivity index (χ4n) is 3.79. The van der Waals surface area contributed by atoms with E-state index >= 15 is 0 Å². The van der Waals surface area contributed by atoms with E-state index in [1.807, 2.05) is 30.3 Å². The van der Waals surface area contributed by atoms with Crippen molar-refractivity contribution in [3.63, 3.8) is 0 Å². The van der Waals surface area contributed by atoms with Crippen LogP contribution in [0.25, 0.3) is 0 Å². The Morgan fingerprint density at radius 2 is 1.88 bits per heavy atom. The summed E-state index contributed by atoms with van der Waals surface area (Å²) in [6.45, 7) is 7.07. The summed E-state index contributed by atoms with van der Waals surface area (Å²) in [6, 6.07) is 8.90. The number of ether oxygens (including phenoxy) is 1. The van der Waals surface area contributed by atoms with Gasteiger partial charge in [-0.15, -0.1) is 0 Å². The van der Waals surface area contributed by atoms with Crippen LogP contribution in [0.15, 0.2) is 42.7 Å². The Morgan fingerprint density at radius 1 is 1.18 bits per heavy atom. The first-order chi connectivity index (χ1) is 15.7. The molecule has 178 valence electrons. The Labute approximate surface area is 194 Å². The second-order valence-electron chi connectivity index (χ2n) is 9.35. The van der Waals surface area contributed by atoms with Crippen LogP contribution in [-0.2, 0) is 16.0 Å². The summed E-state index contributed by atoms with van der Waals surface area (Å²) < 4.78 is 5.38. The minimum Gasteiger partial charge on any atom is -0.444 e. The van der Waals surface area contributed by atoms with Crippen molar-refractivity contribution < 1.29 is 19.1 Å². The first-order valence-corrected chi connectivity index (χ1v) is 11.3. The van der Waals surface area contributed by atoms with Crippen molar-refractivity contribution in [2.75, 3.05) is 19.6 Å². The summed E-state index contributed by atoms with van der Waals surface area (Å²) in [5.41, 5.74) is 0.812. The molecule has 33 heavy (non-hydrogen) atoms. The van der Waals surface area contributed by atoms with Crippen molar-refractivity contribution in [3.8, 4) is 0 Å². The number of benzene rings is 1. The van der Waals surface area contributed by atoms with Crippen molar-refractivity contribution in [2.24, 2.45) is 5.92 Å². The van der Waals surface area contributed by atoms with Crippen LogP contribution in [0.3, 0.4) is 0 Å². The maximum atomic E-state index is 13.3. The maximum absolute atomic E-state index is 13.3. The van der Waals surface area contributed by atoms with Crippen molar-refractivity contribution >= 4 is 17.9 Å². The third kappa shape index (κ3) is 7.62. The van der Waals surface area contributed by atoms with Gasteiger partial charge < -0.3 is 20.3 Å². The second-order valence-corrected chi connectivity index (χ2v) is 9.35. The number of carbonyl (C=O) groups excluding carboxylic acids is 3. The highest BCUT2D eigenvalue weighted by molar-refractivity contribution is 5.93. The summed E-state index contributed by atoms with van der Waals surface area (Å²) in [5, 5.41) is 12.1. The Bertz CT molecular complexity index is 916. The van der Waals surface area contributed by atoms with E-state index in [4.69, 9.17) is 4.74 Å². The van der Waals surface area contributed by atoms with Crippen LogP contribution in [0.5, 0.6) is 0 Å². The van der Waals surface area contributed by atoms with Crippen LogP contribution in [0.1, 0.15) is 49.5 Å². The number of nitrogens with one attached hydrogen (secondary N) is 3. The van der Waals surface area contributed by atoms with Gasteiger partial charge in [0.25, 0.3) is 5.91 Å². The Balaban J connectivity index is 1.55. The van der Waals surface area contributed by atoms with Crippen LogP contribution in [-0.4, -0.2) is 64.3 Å². The maximum Gasteiger partial charge on any atom is 0.408 e. The zero-order valence-corrected chi connectivity index (χ0v) is 19.5. The lowest BCUT2D eigenvalue weighted by Gasteiger charge is -2.34. The number of hydrogen-bond donors (Lipinski definition) is 3. The van der Waals surface area contributed by atoms with Gasteiger partial charge in [0.2, 0.25) is 5.91 Å². The van der Waals surface area contributed by atoms with E-state index in [2.05, 4.69) is 20.8 Å². The first-order valence-electron chi connectivity index (χ1n) is 11.3. The molecule has 0 saturated carbocycles. The molecule has 9 heteroatoms. The molecule has 3 amide bonds. The van der Waals surface area contributed by atoms with Crippen LogP contribution >= 0.6 is 0 Å². The van der Waals surface area contributed by atoms with Crippen molar-refractivity contribution in [2.45, 2.75) is 51.7 Å². The van der Waals surface area contributed by atoms with Gasteiger partial charge in [-0.25, -0.2) is 4.79 Å². The minimum atomic E-state index is -0.709. The molecule has 2 heterocycles. The number of amides is 3. The molecule has 1 aliphatic rings. The average molecular weight is 456 g/mol.